The predicted octanol–water partition coefficient (Wildman–Crippen LogP) is 4.23. The second-order valence-corrected chi connectivity index (χ2v) is 9.32. The lowest BCUT2D eigenvalue weighted by molar-refractivity contribution is -0.150. The van der Waals surface area contributed by atoms with Crippen molar-refractivity contribution in [2.24, 2.45) is 5.73 Å². The van der Waals surface area contributed by atoms with Gasteiger partial charge in [0, 0.05) is 17.0 Å². The molecule has 2 atom stereocenters. The van der Waals surface area contributed by atoms with Crippen LogP contribution < -0.4 is 20.5 Å². The summed E-state index contributed by atoms with van der Waals surface area (Å²) in [4.78, 5) is 15.0. The van der Waals surface area contributed by atoms with Gasteiger partial charge in [0.1, 0.15) is 18.8 Å². The third kappa shape index (κ3) is 4.94. The lowest BCUT2D eigenvalue weighted by atomic mass is 9.98. The Kier molecular flexibility index (Phi) is 6.57. The molecule has 1 aromatic heterocycles. The van der Waals surface area contributed by atoms with Crippen molar-refractivity contribution in [2.45, 2.75) is 30.8 Å². The molecular weight excluding hydrogens is 480 g/mol. The zero-order valence-corrected chi connectivity index (χ0v) is 19.7. The van der Waals surface area contributed by atoms with Crippen molar-refractivity contribution in [2.75, 3.05) is 32.8 Å². The normalized spacial score (nSPS) is 17.9. The Hall–Kier alpha value is -2.88. The smallest absolute Gasteiger partial charge is 0.380 e. The highest BCUT2D eigenvalue weighted by Crippen LogP contribution is 2.36. The lowest BCUT2D eigenvalue weighted by Crippen LogP contribution is -2.52. The van der Waals surface area contributed by atoms with Gasteiger partial charge in [-0.3, -0.25) is 4.79 Å². The molecule has 1 amide bonds. The number of nitrogens with two attached hydrogens (primary N) is 1. The zero-order chi connectivity index (χ0) is 24.6. The minimum Gasteiger partial charge on any atom is -0.486 e. The van der Waals surface area contributed by atoms with Crippen LogP contribution in [-0.2, 0) is 10.7 Å². The highest BCUT2D eigenvalue weighted by molar-refractivity contribution is 6.31. The first-order valence-corrected chi connectivity index (χ1v) is 11.9. The third-order valence-electron chi connectivity index (χ3n) is 6.43. The monoisotopic (exact) mass is 505 g/mol. The van der Waals surface area contributed by atoms with E-state index in [1.54, 1.807) is 18.2 Å². The standard InChI is InChI=1S/C25H26ClF2N3O4/c26-17-4-6-19-16(11-17)13-22(35-19)25(27,28)24(32)30-18(14-31-7-1-2-8-31)23(29)15-3-5-20-21(12-15)34-10-9-33-20/h3-6,11-13,18,23H,1-2,7-10,14,29H2,(H,30,32)/t18-,23-/m1/s1. The Morgan fingerprint density at radius 1 is 1.09 bits per heavy atom. The van der Waals surface area contributed by atoms with Crippen molar-refractivity contribution < 1.29 is 27.5 Å². The number of carbonyl (C=O) groups is 1. The number of benzene rings is 2. The second kappa shape index (κ2) is 9.64. The van der Waals surface area contributed by atoms with Crippen molar-refractivity contribution in [3.63, 3.8) is 0 Å². The molecule has 5 rings (SSSR count). The number of likely N-dealkylation sites (tertiary alicyclic amines) is 1. The number of amides is 1. The van der Waals surface area contributed by atoms with Crippen molar-refractivity contribution >= 4 is 28.5 Å². The first kappa shape index (κ1) is 23.8. The molecule has 0 saturated carbocycles. The van der Waals surface area contributed by atoms with Gasteiger partial charge in [-0.15, -0.1) is 0 Å². The van der Waals surface area contributed by atoms with Crippen LogP contribution in [0.2, 0.25) is 5.02 Å². The molecule has 35 heavy (non-hydrogen) atoms. The van der Waals surface area contributed by atoms with Crippen LogP contribution in [0, 0.1) is 0 Å². The number of hydrogen-bond acceptors (Lipinski definition) is 6. The van der Waals surface area contributed by atoms with E-state index >= 15 is 8.78 Å². The van der Waals surface area contributed by atoms with Gasteiger partial charge >= 0.3 is 5.92 Å². The molecule has 0 unspecified atom stereocenters. The Balaban J connectivity index is 1.39. The molecule has 0 radical (unpaired) electrons. The molecule has 3 N–H and O–H groups in total. The van der Waals surface area contributed by atoms with Crippen LogP contribution in [-0.4, -0.2) is 49.7 Å². The summed E-state index contributed by atoms with van der Waals surface area (Å²) < 4.78 is 46.9. The lowest BCUT2D eigenvalue weighted by Gasteiger charge is -2.31. The van der Waals surface area contributed by atoms with Gasteiger partial charge in [0.2, 0.25) is 0 Å². The summed E-state index contributed by atoms with van der Waals surface area (Å²) >= 11 is 5.95. The molecule has 0 bridgehead atoms. The van der Waals surface area contributed by atoms with Crippen molar-refractivity contribution in [1.29, 1.82) is 0 Å². The Morgan fingerprint density at radius 2 is 1.83 bits per heavy atom. The maximum Gasteiger partial charge on any atom is 0.380 e. The van der Waals surface area contributed by atoms with E-state index < -0.39 is 29.7 Å². The molecule has 1 fully saturated rings. The molecule has 3 heterocycles. The maximum absolute atomic E-state index is 15.2. The van der Waals surface area contributed by atoms with E-state index in [0.29, 0.717) is 47.2 Å². The Morgan fingerprint density at radius 3 is 2.60 bits per heavy atom. The number of hydrogen-bond donors (Lipinski definition) is 2. The molecule has 0 spiro atoms. The van der Waals surface area contributed by atoms with Crippen LogP contribution in [0.1, 0.15) is 30.2 Å². The molecule has 2 aliphatic rings. The Labute approximate surface area is 206 Å². The van der Waals surface area contributed by atoms with Gasteiger partial charge in [-0.1, -0.05) is 17.7 Å². The van der Waals surface area contributed by atoms with Crippen molar-refractivity contribution in [3.8, 4) is 11.5 Å². The number of fused-ring (bicyclic) bond motifs is 2. The van der Waals surface area contributed by atoms with E-state index in [0.717, 1.165) is 32.0 Å². The van der Waals surface area contributed by atoms with Crippen molar-refractivity contribution in [3.05, 3.63) is 58.8 Å². The minimum atomic E-state index is -3.90. The van der Waals surface area contributed by atoms with Crippen LogP contribution in [0.4, 0.5) is 8.78 Å². The van der Waals surface area contributed by atoms with E-state index in [9.17, 15) is 4.79 Å². The van der Waals surface area contributed by atoms with Crippen LogP contribution in [0.25, 0.3) is 11.0 Å². The van der Waals surface area contributed by atoms with Gasteiger partial charge in [-0.05, 0) is 67.9 Å². The number of alkyl halides is 2. The highest BCUT2D eigenvalue weighted by atomic mass is 35.5. The van der Waals surface area contributed by atoms with E-state index in [1.807, 2.05) is 0 Å². The summed E-state index contributed by atoms with van der Waals surface area (Å²) in [7, 11) is 0. The largest absolute Gasteiger partial charge is 0.486 e. The zero-order valence-electron chi connectivity index (χ0n) is 18.9. The fraction of sp³-hybridized carbons (Fsp3) is 0.400. The molecule has 2 aromatic carbocycles. The molecule has 7 nitrogen and oxygen atoms in total. The fourth-order valence-electron chi connectivity index (χ4n) is 4.53. The van der Waals surface area contributed by atoms with Crippen LogP contribution in [0.5, 0.6) is 11.5 Å². The van der Waals surface area contributed by atoms with E-state index in [-0.39, 0.29) is 5.58 Å². The molecule has 2 aliphatic heterocycles. The Bertz CT molecular complexity index is 1230. The van der Waals surface area contributed by atoms with E-state index in [4.69, 9.17) is 31.2 Å². The summed E-state index contributed by atoms with van der Waals surface area (Å²) in [6.45, 7) is 2.85. The average Bonchev–Trinajstić information content (AvgIpc) is 3.52. The first-order valence-electron chi connectivity index (χ1n) is 11.6. The van der Waals surface area contributed by atoms with Crippen LogP contribution in [0.15, 0.2) is 46.9 Å². The van der Waals surface area contributed by atoms with E-state index in [1.165, 1.54) is 18.2 Å². The quantitative estimate of drug-likeness (QED) is 0.499. The number of ether oxygens (including phenoxy) is 2. The number of rotatable bonds is 7. The maximum atomic E-state index is 15.2. The number of nitrogens with one attached hydrogen (secondary N) is 1. The number of halogens is 3. The summed E-state index contributed by atoms with van der Waals surface area (Å²) in [5, 5.41) is 3.28. The first-order chi connectivity index (χ1) is 16.8. The summed E-state index contributed by atoms with van der Waals surface area (Å²) in [5.41, 5.74) is 7.41. The molecule has 186 valence electrons. The van der Waals surface area contributed by atoms with Crippen LogP contribution >= 0.6 is 11.6 Å². The van der Waals surface area contributed by atoms with Crippen molar-refractivity contribution in [1.82, 2.24) is 10.2 Å². The van der Waals surface area contributed by atoms with Gasteiger partial charge < -0.3 is 29.8 Å². The molecule has 0 aliphatic carbocycles. The topological polar surface area (TPSA) is 90.0 Å². The van der Waals surface area contributed by atoms with Gasteiger partial charge in [-0.2, -0.15) is 8.78 Å². The average molecular weight is 506 g/mol. The predicted molar refractivity (Wildman–Crippen MR) is 127 cm³/mol. The van der Waals surface area contributed by atoms with Gasteiger partial charge in [0.15, 0.2) is 17.3 Å². The van der Waals surface area contributed by atoms with Gasteiger partial charge in [0.05, 0.1) is 12.1 Å². The van der Waals surface area contributed by atoms with E-state index in [2.05, 4.69) is 10.2 Å². The van der Waals surface area contributed by atoms with Crippen LogP contribution in [0.3, 0.4) is 0 Å². The molecular formula is C25H26ClF2N3O4. The number of furan rings is 1. The van der Waals surface area contributed by atoms with Gasteiger partial charge in [-0.25, -0.2) is 0 Å². The highest BCUT2D eigenvalue weighted by Gasteiger charge is 2.46. The molecule has 3 aromatic rings. The second-order valence-electron chi connectivity index (χ2n) is 8.88. The summed E-state index contributed by atoms with van der Waals surface area (Å²) in [5.74, 6) is -4.98. The third-order valence-corrected chi connectivity index (χ3v) is 6.66. The molecule has 1 saturated heterocycles. The molecule has 10 heteroatoms. The SMILES string of the molecule is N[C@H](c1ccc2c(c1)OCCO2)[C@@H](CN1CCCC1)NC(=O)C(F)(F)c1cc2cc(Cl)ccc2o1. The summed E-state index contributed by atoms with van der Waals surface area (Å²) in [6.07, 6.45) is 2.02. The minimum absolute atomic E-state index is 0.221. The van der Waals surface area contributed by atoms with Gasteiger partial charge in [0.25, 0.3) is 5.91 Å². The summed E-state index contributed by atoms with van der Waals surface area (Å²) in [6, 6.07) is 9.40. The number of carbonyl (C=O) groups excluding carboxylic acids is 1. The fourth-order valence-corrected chi connectivity index (χ4v) is 4.71. The number of nitrogens with zero attached hydrogens (tertiary/aromatic N) is 1.